The highest BCUT2D eigenvalue weighted by atomic mass is 32.2. The molecule has 0 amide bonds. The number of aromatic nitrogens is 2. The zero-order valence-corrected chi connectivity index (χ0v) is 18.7. The van der Waals surface area contributed by atoms with Crippen LogP contribution in [0.15, 0.2) is 41.8 Å². The molecule has 0 spiro atoms. The Hall–Kier alpha value is -2.35. The minimum Gasteiger partial charge on any atom is -0.406 e. The summed E-state index contributed by atoms with van der Waals surface area (Å²) in [5, 5.41) is 3.08. The maximum Gasteiger partial charge on any atom is 0.573 e. The van der Waals surface area contributed by atoms with Gasteiger partial charge in [-0.1, -0.05) is 6.07 Å². The van der Waals surface area contributed by atoms with E-state index in [2.05, 4.69) is 15.0 Å². The van der Waals surface area contributed by atoms with Crippen molar-refractivity contribution in [3.05, 3.63) is 36.8 Å². The van der Waals surface area contributed by atoms with Gasteiger partial charge in [-0.2, -0.15) is 4.31 Å². The quantitative estimate of drug-likeness (QED) is 0.665. The molecule has 0 aliphatic carbocycles. The first-order chi connectivity index (χ1) is 15.6. The van der Waals surface area contributed by atoms with Crippen LogP contribution >= 0.6 is 0 Å². The van der Waals surface area contributed by atoms with Gasteiger partial charge in [-0.05, 0) is 25.0 Å². The Balaban J connectivity index is 1.57. The molecule has 2 aliphatic heterocycles. The van der Waals surface area contributed by atoms with Crippen LogP contribution in [0.25, 0.3) is 0 Å². The lowest BCUT2D eigenvalue weighted by Gasteiger charge is -2.27. The SMILES string of the molecule is Cn1cnc(S(=O)(=O)N2C[C@H](Nc3cccc(OC(F)(F)F)c3)[C@@H](C3OCCCCO3)C2)c1. The first-order valence-corrected chi connectivity index (χ1v) is 11.9. The van der Waals surface area contributed by atoms with Crippen LogP contribution in [0, 0.1) is 5.92 Å². The Morgan fingerprint density at radius 2 is 1.91 bits per heavy atom. The molecule has 9 nitrogen and oxygen atoms in total. The normalized spacial score (nSPS) is 23.4. The second-order valence-corrected chi connectivity index (χ2v) is 9.89. The maximum absolute atomic E-state index is 13.1. The highest BCUT2D eigenvalue weighted by Gasteiger charge is 2.45. The molecule has 2 fully saturated rings. The number of nitrogens with zero attached hydrogens (tertiary/aromatic N) is 3. The second kappa shape index (κ2) is 9.49. The van der Waals surface area contributed by atoms with Gasteiger partial charge >= 0.3 is 6.36 Å². The van der Waals surface area contributed by atoms with Gasteiger partial charge in [-0.15, -0.1) is 13.2 Å². The summed E-state index contributed by atoms with van der Waals surface area (Å²) in [6.45, 7) is 1.14. The Kier molecular flexibility index (Phi) is 6.84. The fourth-order valence-corrected chi connectivity index (χ4v) is 5.44. The Labute approximate surface area is 189 Å². The molecule has 182 valence electrons. The zero-order valence-electron chi connectivity index (χ0n) is 17.9. The van der Waals surface area contributed by atoms with Crippen LogP contribution in [-0.2, 0) is 26.5 Å². The summed E-state index contributed by atoms with van der Waals surface area (Å²) >= 11 is 0. The van der Waals surface area contributed by atoms with Crippen molar-refractivity contribution in [2.24, 2.45) is 13.0 Å². The summed E-state index contributed by atoms with van der Waals surface area (Å²) in [6.07, 6.45) is -0.989. The molecule has 1 N–H and O–H groups in total. The molecule has 3 heterocycles. The number of anilines is 1. The number of hydrogen-bond donors (Lipinski definition) is 1. The Morgan fingerprint density at radius 1 is 1.18 bits per heavy atom. The third-order valence-corrected chi connectivity index (χ3v) is 7.21. The van der Waals surface area contributed by atoms with Crippen LogP contribution in [0.2, 0.25) is 0 Å². The summed E-state index contributed by atoms with van der Waals surface area (Å²) < 4.78 is 82.6. The lowest BCUT2D eigenvalue weighted by atomic mass is 10.0. The predicted molar refractivity (Wildman–Crippen MR) is 111 cm³/mol. The van der Waals surface area contributed by atoms with Gasteiger partial charge in [0.1, 0.15) is 5.75 Å². The lowest BCUT2D eigenvalue weighted by molar-refractivity contribution is -0.274. The van der Waals surface area contributed by atoms with E-state index in [-0.39, 0.29) is 23.9 Å². The molecule has 0 radical (unpaired) electrons. The molecule has 0 bridgehead atoms. The van der Waals surface area contributed by atoms with E-state index in [4.69, 9.17) is 9.47 Å². The van der Waals surface area contributed by atoms with E-state index in [1.54, 1.807) is 17.7 Å². The average molecular weight is 491 g/mol. The molecule has 13 heteroatoms. The molecule has 2 saturated heterocycles. The molecule has 2 atom stereocenters. The summed E-state index contributed by atoms with van der Waals surface area (Å²) in [4.78, 5) is 3.97. The van der Waals surface area contributed by atoms with E-state index in [0.717, 1.165) is 12.8 Å². The monoisotopic (exact) mass is 490 g/mol. The molecular formula is C20H25F3N4O5S. The first kappa shape index (κ1) is 23.8. The topological polar surface area (TPSA) is 94.9 Å². The third kappa shape index (κ3) is 5.78. The van der Waals surface area contributed by atoms with Gasteiger partial charge < -0.3 is 24.1 Å². The van der Waals surface area contributed by atoms with E-state index < -0.39 is 34.6 Å². The molecule has 2 aliphatic rings. The number of imidazole rings is 1. The minimum absolute atomic E-state index is 0.0666. The molecular weight excluding hydrogens is 465 g/mol. The zero-order chi connectivity index (χ0) is 23.6. The first-order valence-electron chi connectivity index (χ1n) is 10.5. The number of nitrogens with one attached hydrogen (secondary N) is 1. The molecule has 0 unspecified atom stereocenters. The molecule has 0 saturated carbocycles. The van der Waals surface area contributed by atoms with Crippen molar-refractivity contribution in [2.75, 3.05) is 31.6 Å². The number of sulfonamides is 1. The van der Waals surface area contributed by atoms with E-state index in [0.29, 0.717) is 18.9 Å². The van der Waals surface area contributed by atoms with Crippen molar-refractivity contribution in [3.8, 4) is 5.75 Å². The van der Waals surface area contributed by atoms with Gasteiger partial charge in [-0.25, -0.2) is 13.4 Å². The van der Waals surface area contributed by atoms with Crippen molar-refractivity contribution in [1.29, 1.82) is 0 Å². The Bertz CT molecular complexity index is 1050. The van der Waals surface area contributed by atoms with Crippen LogP contribution in [0.1, 0.15) is 12.8 Å². The third-order valence-electron chi connectivity index (χ3n) is 5.49. The molecule has 4 rings (SSSR count). The maximum atomic E-state index is 13.1. The fraction of sp³-hybridized carbons (Fsp3) is 0.550. The van der Waals surface area contributed by atoms with Crippen molar-refractivity contribution in [2.45, 2.75) is 36.6 Å². The largest absolute Gasteiger partial charge is 0.573 e. The number of alkyl halides is 3. The lowest BCUT2D eigenvalue weighted by Crippen LogP contribution is -2.38. The van der Waals surface area contributed by atoms with E-state index in [9.17, 15) is 21.6 Å². The van der Waals surface area contributed by atoms with Crippen LogP contribution in [0.4, 0.5) is 18.9 Å². The number of rotatable bonds is 6. The van der Waals surface area contributed by atoms with E-state index >= 15 is 0 Å². The van der Waals surface area contributed by atoms with E-state index in [1.807, 2.05) is 0 Å². The van der Waals surface area contributed by atoms with Gasteiger partial charge in [0.25, 0.3) is 10.0 Å². The number of halogens is 3. The number of aryl methyl sites for hydroxylation is 1. The summed E-state index contributed by atoms with van der Waals surface area (Å²) in [6, 6.07) is 4.95. The number of ether oxygens (including phenoxy) is 3. The minimum atomic E-state index is -4.82. The standard InChI is InChI=1S/C20H25F3N4O5S/c1-26-12-18(24-13-26)33(28,29)27-10-16(19-30-7-2-3-8-31-19)17(11-27)25-14-5-4-6-15(9-14)32-20(21,22)23/h4-6,9,12-13,16-17,19,25H,2-3,7-8,10-11H2,1H3/t16-,17-/m0/s1. The molecule has 33 heavy (non-hydrogen) atoms. The number of benzene rings is 1. The molecule has 2 aromatic rings. The van der Waals surface area contributed by atoms with Crippen molar-refractivity contribution in [3.63, 3.8) is 0 Å². The predicted octanol–water partition coefficient (Wildman–Crippen LogP) is 2.57. The van der Waals surface area contributed by atoms with Crippen LogP contribution < -0.4 is 10.1 Å². The van der Waals surface area contributed by atoms with Crippen LogP contribution in [0.5, 0.6) is 5.75 Å². The van der Waals surface area contributed by atoms with Crippen molar-refractivity contribution in [1.82, 2.24) is 13.9 Å². The summed E-state index contributed by atoms with van der Waals surface area (Å²) in [7, 11) is -2.21. The van der Waals surface area contributed by atoms with Crippen molar-refractivity contribution >= 4 is 15.7 Å². The summed E-state index contributed by atoms with van der Waals surface area (Å²) in [5.41, 5.74) is 0.359. The molecule has 1 aromatic carbocycles. The van der Waals surface area contributed by atoms with Gasteiger partial charge in [0.15, 0.2) is 11.3 Å². The average Bonchev–Trinajstić information content (AvgIpc) is 3.26. The molecule has 1 aromatic heterocycles. The van der Waals surface area contributed by atoms with Gasteiger partial charge in [0, 0.05) is 63.3 Å². The van der Waals surface area contributed by atoms with Crippen LogP contribution in [0.3, 0.4) is 0 Å². The highest BCUT2D eigenvalue weighted by molar-refractivity contribution is 7.89. The van der Waals surface area contributed by atoms with Crippen molar-refractivity contribution < 1.29 is 35.8 Å². The van der Waals surface area contributed by atoms with E-state index in [1.165, 1.54) is 35.0 Å². The second-order valence-electron chi connectivity index (χ2n) is 8.01. The Morgan fingerprint density at radius 3 is 2.55 bits per heavy atom. The highest BCUT2D eigenvalue weighted by Crippen LogP contribution is 2.32. The van der Waals surface area contributed by atoms with Gasteiger partial charge in [-0.3, -0.25) is 0 Å². The van der Waals surface area contributed by atoms with Gasteiger partial charge in [0.2, 0.25) is 0 Å². The fourth-order valence-electron chi connectivity index (χ4n) is 3.97. The smallest absolute Gasteiger partial charge is 0.406 e. The van der Waals surface area contributed by atoms with Crippen LogP contribution in [-0.4, -0.2) is 67.3 Å². The summed E-state index contributed by atoms with van der Waals surface area (Å²) in [5.74, 6) is -0.768. The van der Waals surface area contributed by atoms with Gasteiger partial charge in [0.05, 0.1) is 6.33 Å². The number of hydrogen-bond acceptors (Lipinski definition) is 7.